The van der Waals surface area contributed by atoms with E-state index in [0.29, 0.717) is 11.4 Å². The van der Waals surface area contributed by atoms with Crippen LogP contribution in [0.4, 0.5) is 35.9 Å². The van der Waals surface area contributed by atoms with Gasteiger partial charge >= 0.3 is 6.18 Å². The second-order valence-corrected chi connectivity index (χ2v) is 11.7. The van der Waals surface area contributed by atoms with Crippen LogP contribution in [-0.2, 0) is 6.18 Å². The molecule has 0 saturated heterocycles. The lowest BCUT2D eigenvalue weighted by Crippen LogP contribution is -2.63. The Bertz CT molecular complexity index is 2090. The molecule has 3 aliphatic rings. The van der Waals surface area contributed by atoms with Crippen molar-refractivity contribution < 1.29 is 13.2 Å². The lowest BCUT2D eigenvalue weighted by Gasteiger charge is -2.45. The smallest absolute Gasteiger partial charge is 0.317 e. The normalized spacial score (nSPS) is 16.0. The molecule has 0 fully saturated rings. The maximum atomic E-state index is 14.7. The molecule has 9 rings (SSSR count). The monoisotopic (exact) mass is 541 g/mol. The molecule has 3 aliphatic heterocycles. The molecule has 0 unspecified atom stereocenters. The van der Waals surface area contributed by atoms with Crippen LogP contribution in [-0.4, -0.2) is 16.9 Å². The third kappa shape index (κ3) is 2.72. The first kappa shape index (κ1) is 23.1. The maximum absolute atomic E-state index is 14.7. The van der Waals surface area contributed by atoms with Gasteiger partial charge in [-0.2, -0.15) is 13.2 Å². The summed E-state index contributed by atoms with van der Waals surface area (Å²) < 4.78 is 46.0. The van der Waals surface area contributed by atoms with Crippen molar-refractivity contribution in [1.29, 1.82) is 0 Å². The molecular formula is C34H23BF3N3. The number of benzene rings is 5. The van der Waals surface area contributed by atoms with Gasteiger partial charge in [-0.05, 0) is 66.6 Å². The molecule has 4 heterocycles. The maximum Gasteiger partial charge on any atom is 0.416 e. The number of halogens is 3. The van der Waals surface area contributed by atoms with Gasteiger partial charge in [-0.25, -0.2) is 0 Å². The van der Waals surface area contributed by atoms with Gasteiger partial charge in [0.1, 0.15) is 5.66 Å². The van der Waals surface area contributed by atoms with Crippen molar-refractivity contribution in [2.45, 2.75) is 25.7 Å². The van der Waals surface area contributed by atoms with E-state index in [2.05, 4.69) is 82.8 Å². The highest BCUT2D eigenvalue weighted by atomic mass is 19.4. The molecular weight excluding hydrogens is 518 g/mol. The summed E-state index contributed by atoms with van der Waals surface area (Å²) in [7, 11) is 0. The van der Waals surface area contributed by atoms with E-state index in [9.17, 15) is 13.2 Å². The molecule has 5 aromatic carbocycles. The van der Waals surface area contributed by atoms with Gasteiger partial charge in [0.15, 0.2) is 0 Å². The Morgan fingerprint density at radius 3 is 2.15 bits per heavy atom. The summed E-state index contributed by atoms with van der Waals surface area (Å²) in [6.45, 7) is 3.99. The van der Waals surface area contributed by atoms with Crippen molar-refractivity contribution >= 4 is 67.7 Å². The van der Waals surface area contributed by atoms with E-state index >= 15 is 0 Å². The van der Waals surface area contributed by atoms with Crippen LogP contribution in [0.5, 0.6) is 0 Å². The number of para-hydroxylation sites is 4. The summed E-state index contributed by atoms with van der Waals surface area (Å²) in [6.07, 6.45) is -4.50. The van der Waals surface area contributed by atoms with Crippen LogP contribution in [0.3, 0.4) is 0 Å². The fraction of sp³-hybridized carbons (Fsp3) is 0.118. The number of alkyl halides is 3. The molecule has 1 aromatic heterocycles. The van der Waals surface area contributed by atoms with E-state index in [1.807, 2.05) is 36.4 Å². The van der Waals surface area contributed by atoms with Crippen molar-refractivity contribution in [1.82, 2.24) is 4.57 Å². The number of aromatic nitrogens is 1. The van der Waals surface area contributed by atoms with Crippen molar-refractivity contribution in [2.24, 2.45) is 0 Å². The molecule has 0 N–H and O–H groups in total. The van der Waals surface area contributed by atoms with Crippen molar-refractivity contribution in [3.63, 3.8) is 0 Å². The van der Waals surface area contributed by atoms with Crippen molar-refractivity contribution in [3.05, 3.63) is 109 Å². The zero-order valence-corrected chi connectivity index (χ0v) is 22.4. The number of anilines is 4. The molecule has 0 aliphatic carbocycles. The van der Waals surface area contributed by atoms with Gasteiger partial charge in [0.2, 0.25) is 0 Å². The minimum Gasteiger partial charge on any atom is -0.317 e. The predicted octanol–water partition coefficient (Wildman–Crippen LogP) is 6.97. The zero-order valence-electron chi connectivity index (χ0n) is 22.4. The van der Waals surface area contributed by atoms with Crippen LogP contribution < -0.4 is 26.2 Å². The molecule has 0 bridgehead atoms. The number of fused-ring (bicyclic) bond motifs is 7. The van der Waals surface area contributed by atoms with E-state index < -0.39 is 17.4 Å². The van der Waals surface area contributed by atoms with E-state index in [1.54, 1.807) is 0 Å². The van der Waals surface area contributed by atoms with Gasteiger partial charge in [0, 0.05) is 33.4 Å². The summed E-state index contributed by atoms with van der Waals surface area (Å²) in [5.41, 5.74) is 7.96. The first-order valence-corrected chi connectivity index (χ1v) is 13.8. The van der Waals surface area contributed by atoms with Crippen molar-refractivity contribution in [2.75, 3.05) is 9.80 Å². The van der Waals surface area contributed by atoms with Crippen LogP contribution in [0.2, 0.25) is 0 Å². The SMILES string of the molecule is CC1(C)N(c2ccccc2)c2cccc3c2N1c1cc(C(F)(F)F)cc2c1B3c1cccc3c4ccccc4n-2c13. The lowest BCUT2D eigenvalue weighted by atomic mass is 9.33. The standard InChI is InChI=1S/C34H23BF3N3/c1-33(2)40(21-10-4-3-5-11-21)27-17-9-15-25-32(27)41(33)29-19-20(34(36,37)38)18-28-30(29)35(25)24-14-8-13-23-22-12-6-7-16-26(22)39(28)31(23)24/h3-19H,1-2H3. The average molecular weight is 541 g/mol. The number of hydrogen-bond acceptors (Lipinski definition) is 2. The Morgan fingerprint density at radius 2 is 1.34 bits per heavy atom. The van der Waals surface area contributed by atoms with Gasteiger partial charge in [0.05, 0.1) is 22.5 Å². The molecule has 6 aromatic rings. The fourth-order valence-corrected chi connectivity index (χ4v) is 7.78. The summed E-state index contributed by atoms with van der Waals surface area (Å²) in [6, 6.07) is 33.5. The summed E-state index contributed by atoms with van der Waals surface area (Å²) in [4.78, 5) is 4.40. The topological polar surface area (TPSA) is 11.4 Å². The first-order chi connectivity index (χ1) is 19.8. The number of nitrogens with zero attached hydrogens (tertiary/aromatic N) is 3. The third-order valence-electron chi connectivity index (χ3n) is 9.20. The molecule has 198 valence electrons. The van der Waals surface area contributed by atoms with Gasteiger partial charge in [0.25, 0.3) is 6.71 Å². The largest absolute Gasteiger partial charge is 0.416 e. The Balaban J connectivity index is 1.47. The average Bonchev–Trinajstić information content (AvgIpc) is 3.43. The molecule has 0 saturated carbocycles. The van der Waals surface area contributed by atoms with E-state index in [-0.39, 0.29) is 6.71 Å². The van der Waals surface area contributed by atoms with Gasteiger partial charge < -0.3 is 14.4 Å². The van der Waals surface area contributed by atoms with Crippen LogP contribution >= 0.6 is 0 Å². The fourth-order valence-electron chi connectivity index (χ4n) is 7.78. The zero-order chi connectivity index (χ0) is 27.8. The first-order valence-electron chi connectivity index (χ1n) is 13.8. The van der Waals surface area contributed by atoms with E-state index in [4.69, 9.17) is 0 Å². The molecule has 41 heavy (non-hydrogen) atoms. The Kier molecular flexibility index (Phi) is 4.14. The molecule has 7 heteroatoms. The lowest BCUT2D eigenvalue weighted by molar-refractivity contribution is -0.137. The van der Waals surface area contributed by atoms with Gasteiger partial charge in [-0.1, -0.05) is 66.7 Å². The predicted molar refractivity (Wildman–Crippen MR) is 162 cm³/mol. The number of hydrogen-bond donors (Lipinski definition) is 0. The van der Waals surface area contributed by atoms with Gasteiger partial charge in [-0.15, -0.1) is 0 Å². The Morgan fingerprint density at radius 1 is 0.659 bits per heavy atom. The van der Waals surface area contributed by atoms with Crippen LogP contribution in [0, 0.1) is 0 Å². The van der Waals surface area contributed by atoms with E-state index in [0.717, 1.165) is 55.3 Å². The molecule has 0 atom stereocenters. The molecule has 0 amide bonds. The highest BCUT2D eigenvalue weighted by molar-refractivity contribution is 7.00. The summed E-state index contributed by atoms with van der Waals surface area (Å²) in [5, 5.41) is 2.10. The Hall–Kier alpha value is -4.65. The molecule has 0 radical (unpaired) electrons. The van der Waals surface area contributed by atoms with Crippen LogP contribution in [0.25, 0.3) is 27.5 Å². The van der Waals surface area contributed by atoms with Crippen LogP contribution in [0.15, 0.2) is 103 Å². The highest BCUT2D eigenvalue weighted by Gasteiger charge is 2.53. The minimum atomic E-state index is -4.50. The Labute approximate surface area is 235 Å². The second-order valence-electron chi connectivity index (χ2n) is 11.7. The van der Waals surface area contributed by atoms with Gasteiger partial charge in [-0.3, -0.25) is 0 Å². The minimum absolute atomic E-state index is 0.194. The third-order valence-corrected chi connectivity index (χ3v) is 9.20. The molecule has 3 nitrogen and oxygen atoms in total. The second kappa shape index (κ2) is 7.35. The summed E-state index contributed by atoms with van der Waals surface area (Å²) in [5.74, 6) is 0. The number of rotatable bonds is 1. The van der Waals surface area contributed by atoms with Crippen molar-refractivity contribution in [3.8, 4) is 5.69 Å². The quantitative estimate of drug-likeness (QED) is 0.208. The molecule has 0 spiro atoms. The van der Waals surface area contributed by atoms with E-state index in [1.165, 1.54) is 12.1 Å². The highest BCUT2D eigenvalue weighted by Crippen LogP contribution is 2.54. The van der Waals surface area contributed by atoms with Crippen LogP contribution in [0.1, 0.15) is 19.4 Å². The summed E-state index contributed by atoms with van der Waals surface area (Å²) >= 11 is 0.